The number of likely N-dealkylation sites (N-methyl/N-ethyl adjacent to an activating group) is 1. The third-order valence-electron chi connectivity index (χ3n) is 4.82. The second-order valence-electron chi connectivity index (χ2n) is 6.08. The van der Waals surface area contributed by atoms with Crippen LogP contribution in [0.1, 0.15) is 40.0 Å². The van der Waals surface area contributed by atoms with Gasteiger partial charge in [0.05, 0.1) is 11.5 Å². The van der Waals surface area contributed by atoms with Crippen molar-refractivity contribution in [3.8, 4) is 0 Å². The zero-order valence-electron chi connectivity index (χ0n) is 14.0. The highest BCUT2D eigenvalue weighted by Gasteiger charge is 2.41. The van der Waals surface area contributed by atoms with E-state index < -0.39 is 9.84 Å². The number of sulfone groups is 1. The summed E-state index contributed by atoms with van der Waals surface area (Å²) < 4.78 is 24.1. The van der Waals surface area contributed by atoms with Gasteiger partial charge in [-0.3, -0.25) is 4.90 Å². The van der Waals surface area contributed by atoms with Crippen molar-refractivity contribution in [3.05, 3.63) is 0 Å². The molecule has 0 aromatic rings. The van der Waals surface area contributed by atoms with Gasteiger partial charge in [-0.2, -0.15) is 0 Å². The van der Waals surface area contributed by atoms with Crippen molar-refractivity contribution in [2.75, 3.05) is 50.8 Å². The lowest BCUT2D eigenvalue weighted by molar-refractivity contribution is 0.0998. The van der Waals surface area contributed by atoms with E-state index in [9.17, 15) is 8.42 Å². The molecular formula is C15H33N3O2S. The summed E-state index contributed by atoms with van der Waals surface area (Å²) >= 11 is 0. The fraction of sp³-hybridized carbons (Fsp3) is 1.00. The first-order chi connectivity index (χ1) is 9.93. The topological polar surface area (TPSA) is 66.6 Å². The highest BCUT2D eigenvalue weighted by Crippen LogP contribution is 2.28. The van der Waals surface area contributed by atoms with E-state index >= 15 is 0 Å². The summed E-state index contributed by atoms with van der Waals surface area (Å²) in [4.78, 5) is 4.72. The maximum atomic E-state index is 12.0. The summed E-state index contributed by atoms with van der Waals surface area (Å²) in [6, 6.07) is 0. The van der Waals surface area contributed by atoms with Crippen LogP contribution in [0, 0.1) is 0 Å². The largest absolute Gasteiger partial charge is 0.329 e. The van der Waals surface area contributed by atoms with Crippen LogP contribution < -0.4 is 5.73 Å². The molecule has 0 spiro atoms. The maximum Gasteiger partial charge on any atom is 0.152 e. The average molecular weight is 320 g/mol. The van der Waals surface area contributed by atoms with E-state index in [1.807, 2.05) is 0 Å². The van der Waals surface area contributed by atoms with Crippen LogP contribution in [0.3, 0.4) is 0 Å². The van der Waals surface area contributed by atoms with Crippen molar-refractivity contribution in [2.45, 2.75) is 45.6 Å². The number of nitrogens with zero attached hydrogens (tertiary/aromatic N) is 2. The van der Waals surface area contributed by atoms with Gasteiger partial charge in [0.1, 0.15) is 0 Å². The quantitative estimate of drug-likeness (QED) is 0.685. The third-order valence-corrected chi connectivity index (χ3v) is 6.70. The van der Waals surface area contributed by atoms with Gasteiger partial charge in [0, 0.05) is 12.1 Å². The minimum Gasteiger partial charge on any atom is -0.329 e. The maximum absolute atomic E-state index is 12.0. The first-order valence-corrected chi connectivity index (χ1v) is 10.1. The summed E-state index contributed by atoms with van der Waals surface area (Å²) in [6.45, 7) is 11.9. The predicted molar refractivity (Wildman–Crippen MR) is 89.3 cm³/mol. The Balaban J connectivity index is 2.67. The molecule has 0 aromatic carbocycles. The molecule has 1 fully saturated rings. The Bertz CT molecular complexity index is 396. The third kappa shape index (κ3) is 5.20. The molecule has 1 heterocycles. The first-order valence-electron chi connectivity index (χ1n) is 8.31. The van der Waals surface area contributed by atoms with Crippen molar-refractivity contribution in [1.29, 1.82) is 0 Å². The number of hydrogen-bond acceptors (Lipinski definition) is 5. The van der Waals surface area contributed by atoms with Crippen LogP contribution in [0.25, 0.3) is 0 Å². The zero-order chi connectivity index (χ0) is 15.9. The molecule has 1 rings (SSSR count). The predicted octanol–water partition coefficient (Wildman–Crippen LogP) is 0.946. The lowest BCUT2D eigenvalue weighted by atomic mass is 9.92. The Morgan fingerprint density at radius 3 is 2.24 bits per heavy atom. The van der Waals surface area contributed by atoms with E-state index in [4.69, 9.17) is 5.73 Å². The molecule has 126 valence electrons. The lowest BCUT2D eigenvalue weighted by Gasteiger charge is -2.45. The fourth-order valence-corrected chi connectivity index (χ4v) is 5.46. The highest BCUT2D eigenvalue weighted by molar-refractivity contribution is 7.91. The molecule has 0 saturated carbocycles. The molecule has 1 unspecified atom stereocenters. The Morgan fingerprint density at radius 2 is 1.76 bits per heavy atom. The SMILES string of the molecule is CCN(CC)CCCN(CC)C1(CN)CCCS(=O)(=O)C1. The summed E-state index contributed by atoms with van der Waals surface area (Å²) in [6.07, 6.45) is 2.71. The Labute approximate surface area is 130 Å². The van der Waals surface area contributed by atoms with Crippen LogP contribution in [0.5, 0.6) is 0 Å². The molecule has 0 amide bonds. The van der Waals surface area contributed by atoms with Crippen molar-refractivity contribution in [2.24, 2.45) is 5.73 Å². The molecule has 5 nitrogen and oxygen atoms in total. The molecule has 1 saturated heterocycles. The van der Waals surface area contributed by atoms with Crippen LogP contribution in [-0.4, -0.2) is 74.5 Å². The van der Waals surface area contributed by atoms with Gasteiger partial charge < -0.3 is 10.6 Å². The summed E-state index contributed by atoms with van der Waals surface area (Å²) in [5.74, 6) is 0.557. The minimum absolute atomic E-state index is 0.232. The molecular weight excluding hydrogens is 286 g/mol. The second kappa shape index (κ2) is 8.46. The molecule has 6 heteroatoms. The number of nitrogens with two attached hydrogens (primary N) is 1. The van der Waals surface area contributed by atoms with Gasteiger partial charge >= 0.3 is 0 Å². The van der Waals surface area contributed by atoms with Crippen LogP contribution in [0.2, 0.25) is 0 Å². The Hall–Kier alpha value is -0.170. The molecule has 0 bridgehead atoms. The Morgan fingerprint density at radius 1 is 1.10 bits per heavy atom. The van der Waals surface area contributed by atoms with Gasteiger partial charge in [0.2, 0.25) is 0 Å². The fourth-order valence-electron chi connectivity index (χ4n) is 3.47. The molecule has 1 aliphatic heterocycles. The van der Waals surface area contributed by atoms with Crippen LogP contribution in [0.15, 0.2) is 0 Å². The highest BCUT2D eigenvalue weighted by atomic mass is 32.2. The van der Waals surface area contributed by atoms with Crippen molar-refractivity contribution < 1.29 is 8.42 Å². The van der Waals surface area contributed by atoms with Crippen molar-refractivity contribution in [1.82, 2.24) is 9.80 Å². The van der Waals surface area contributed by atoms with Gasteiger partial charge in [-0.1, -0.05) is 20.8 Å². The monoisotopic (exact) mass is 319 g/mol. The molecule has 21 heavy (non-hydrogen) atoms. The zero-order valence-corrected chi connectivity index (χ0v) is 14.8. The standard InChI is InChI=1S/C15H33N3O2S/c1-4-17(5-2)10-8-11-18(6-3)15(13-16)9-7-12-21(19,20)14-15/h4-14,16H2,1-3H3. The van der Waals surface area contributed by atoms with Gasteiger partial charge in [-0.25, -0.2) is 8.42 Å². The number of hydrogen-bond donors (Lipinski definition) is 1. The molecule has 0 radical (unpaired) electrons. The van der Waals surface area contributed by atoms with E-state index in [0.29, 0.717) is 12.3 Å². The Kier molecular flexibility index (Phi) is 7.60. The first kappa shape index (κ1) is 18.9. The van der Waals surface area contributed by atoms with E-state index in [1.54, 1.807) is 0 Å². The van der Waals surface area contributed by atoms with Crippen LogP contribution >= 0.6 is 0 Å². The molecule has 1 atom stereocenters. The van der Waals surface area contributed by atoms with Crippen molar-refractivity contribution >= 4 is 9.84 Å². The molecule has 1 aliphatic rings. The molecule has 0 aromatic heterocycles. The van der Waals surface area contributed by atoms with Crippen molar-refractivity contribution in [3.63, 3.8) is 0 Å². The summed E-state index contributed by atoms with van der Waals surface area (Å²) in [7, 11) is -2.94. The van der Waals surface area contributed by atoms with E-state index in [0.717, 1.165) is 52.0 Å². The van der Waals surface area contributed by atoms with Gasteiger partial charge in [0.15, 0.2) is 9.84 Å². The molecule has 0 aliphatic carbocycles. The lowest BCUT2D eigenvalue weighted by Crippen LogP contribution is -2.60. The van der Waals surface area contributed by atoms with E-state index in [-0.39, 0.29) is 11.3 Å². The summed E-state index contributed by atoms with van der Waals surface area (Å²) in [5.41, 5.74) is 5.66. The van der Waals surface area contributed by atoms with Crippen LogP contribution in [-0.2, 0) is 9.84 Å². The number of rotatable bonds is 9. The average Bonchev–Trinajstić information content (AvgIpc) is 2.46. The van der Waals surface area contributed by atoms with E-state index in [2.05, 4.69) is 30.6 Å². The van der Waals surface area contributed by atoms with Gasteiger partial charge in [0.25, 0.3) is 0 Å². The van der Waals surface area contributed by atoms with E-state index in [1.165, 1.54) is 0 Å². The molecule has 2 N–H and O–H groups in total. The second-order valence-corrected chi connectivity index (χ2v) is 8.27. The van der Waals surface area contributed by atoms with Crippen LogP contribution in [0.4, 0.5) is 0 Å². The van der Waals surface area contributed by atoms with Gasteiger partial charge in [-0.15, -0.1) is 0 Å². The van der Waals surface area contributed by atoms with Gasteiger partial charge in [-0.05, 0) is 52.0 Å². The smallest absolute Gasteiger partial charge is 0.152 e. The minimum atomic E-state index is -2.94. The normalized spacial score (nSPS) is 25.6. The summed E-state index contributed by atoms with van der Waals surface area (Å²) in [5, 5.41) is 0.